The number of carbonyl (C=O) groups excluding carboxylic acids is 2. The van der Waals surface area contributed by atoms with Crippen molar-refractivity contribution < 1.29 is 33.6 Å². The van der Waals surface area contributed by atoms with Crippen molar-refractivity contribution in [1.29, 1.82) is 0 Å². The number of benzene rings is 2. The number of hydrogen-bond donors (Lipinski definition) is 1. The molecule has 0 saturated heterocycles. The topological polar surface area (TPSA) is 91.3 Å². The van der Waals surface area contributed by atoms with Crippen molar-refractivity contribution in [3.63, 3.8) is 0 Å². The molecular weight excluding hydrogens is 352 g/mol. The van der Waals surface area contributed by atoms with E-state index in [1.807, 2.05) is 30.3 Å². The summed E-state index contributed by atoms with van der Waals surface area (Å²) in [6, 6.07) is 9.27. The standard InChI is InChI=1S/C20H22O7/c1-12(21)10-14(22)15-16(23)18(24-2)20(26-4)19(25-3)17(15)27-11-13-8-6-5-7-9-13/h5-9,23H,10-11H2,1-4H3. The summed E-state index contributed by atoms with van der Waals surface area (Å²) in [6.45, 7) is 1.41. The molecule has 0 aliphatic rings. The lowest BCUT2D eigenvalue weighted by Gasteiger charge is -2.21. The van der Waals surface area contributed by atoms with Crippen molar-refractivity contribution in [2.75, 3.05) is 21.3 Å². The van der Waals surface area contributed by atoms with Crippen LogP contribution in [-0.2, 0) is 11.4 Å². The van der Waals surface area contributed by atoms with Crippen molar-refractivity contribution in [2.45, 2.75) is 20.0 Å². The highest BCUT2D eigenvalue weighted by Gasteiger charge is 2.31. The number of phenolic OH excluding ortho intramolecular Hbond substituents is 1. The summed E-state index contributed by atoms with van der Waals surface area (Å²) in [4.78, 5) is 24.1. The van der Waals surface area contributed by atoms with Crippen LogP contribution in [0.4, 0.5) is 0 Å². The van der Waals surface area contributed by atoms with Gasteiger partial charge in [0.2, 0.25) is 17.2 Å². The summed E-state index contributed by atoms with van der Waals surface area (Å²) in [5, 5.41) is 10.6. The Kier molecular flexibility index (Phi) is 6.65. The molecule has 144 valence electrons. The molecule has 2 rings (SSSR count). The zero-order valence-corrected chi connectivity index (χ0v) is 15.7. The molecule has 2 aromatic carbocycles. The quantitative estimate of drug-likeness (QED) is 0.532. The number of aromatic hydroxyl groups is 1. The molecule has 0 unspecified atom stereocenters. The van der Waals surface area contributed by atoms with Crippen molar-refractivity contribution in [1.82, 2.24) is 0 Å². The summed E-state index contributed by atoms with van der Waals surface area (Å²) >= 11 is 0. The van der Waals surface area contributed by atoms with Gasteiger partial charge < -0.3 is 24.1 Å². The summed E-state index contributed by atoms with van der Waals surface area (Å²) in [5.41, 5.74) is 0.662. The molecule has 0 aliphatic heterocycles. The molecule has 0 bridgehead atoms. The zero-order chi connectivity index (χ0) is 20.0. The number of carbonyl (C=O) groups is 2. The molecule has 0 amide bonds. The van der Waals surface area contributed by atoms with Gasteiger partial charge in [0, 0.05) is 0 Å². The van der Waals surface area contributed by atoms with Crippen molar-refractivity contribution in [3.05, 3.63) is 41.5 Å². The fourth-order valence-corrected chi connectivity index (χ4v) is 2.65. The smallest absolute Gasteiger partial charge is 0.211 e. The predicted molar refractivity (Wildman–Crippen MR) is 98.2 cm³/mol. The maximum atomic E-state index is 12.6. The first-order chi connectivity index (χ1) is 12.9. The maximum absolute atomic E-state index is 12.6. The first kappa shape index (κ1) is 20.1. The Morgan fingerprint density at radius 3 is 1.96 bits per heavy atom. The van der Waals surface area contributed by atoms with E-state index in [0.29, 0.717) is 0 Å². The lowest BCUT2D eigenvalue weighted by molar-refractivity contribution is -0.116. The molecule has 2 aromatic rings. The van der Waals surface area contributed by atoms with E-state index >= 15 is 0 Å². The van der Waals surface area contributed by atoms with Gasteiger partial charge in [0.05, 0.1) is 27.8 Å². The first-order valence-electron chi connectivity index (χ1n) is 8.18. The second kappa shape index (κ2) is 8.93. The predicted octanol–water partition coefficient (Wildman–Crippen LogP) is 3.16. The van der Waals surface area contributed by atoms with E-state index in [9.17, 15) is 14.7 Å². The Labute approximate surface area is 157 Å². The van der Waals surface area contributed by atoms with Crippen LogP contribution in [0.3, 0.4) is 0 Å². The summed E-state index contributed by atoms with van der Waals surface area (Å²) in [6.07, 6.45) is -0.395. The minimum atomic E-state index is -0.609. The molecule has 0 atom stereocenters. The van der Waals surface area contributed by atoms with Crippen LogP contribution in [0.15, 0.2) is 30.3 Å². The first-order valence-corrected chi connectivity index (χ1v) is 8.18. The summed E-state index contributed by atoms with van der Waals surface area (Å²) < 4.78 is 21.6. The minimum Gasteiger partial charge on any atom is -0.504 e. The van der Waals surface area contributed by atoms with Crippen LogP contribution in [0.5, 0.6) is 28.7 Å². The lowest BCUT2D eigenvalue weighted by atomic mass is 10.0. The van der Waals surface area contributed by atoms with Crippen LogP contribution in [0.1, 0.15) is 29.3 Å². The fourth-order valence-electron chi connectivity index (χ4n) is 2.65. The fraction of sp³-hybridized carbons (Fsp3) is 0.300. The average Bonchev–Trinajstić information content (AvgIpc) is 2.65. The number of ether oxygens (including phenoxy) is 4. The minimum absolute atomic E-state index is 0.0113. The number of Topliss-reactive ketones (excluding diaryl/α,β-unsaturated/α-hetero) is 2. The summed E-state index contributed by atoms with van der Waals surface area (Å²) in [7, 11) is 4.07. The third-order valence-corrected chi connectivity index (χ3v) is 3.82. The average molecular weight is 374 g/mol. The van der Waals surface area contributed by atoms with Gasteiger partial charge in [0.15, 0.2) is 17.3 Å². The monoisotopic (exact) mass is 374 g/mol. The van der Waals surface area contributed by atoms with Gasteiger partial charge in [-0.15, -0.1) is 0 Å². The second-order valence-corrected chi connectivity index (χ2v) is 5.73. The maximum Gasteiger partial charge on any atom is 0.211 e. The van der Waals surface area contributed by atoms with E-state index in [2.05, 4.69) is 0 Å². The molecule has 27 heavy (non-hydrogen) atoms. The van der Waals surface area contributed by atoms with E-state index < -0.39 is 18.0 Å². The van der Waals surface area contributed by atoms with Gasteiger partial charge in [-0.2, -0.15) is 0 Å². The van der Waals surface area contributed by atoms with Crippen LogP contribution in [0.25, 0.3) is 0 Å². The Morgan fingerprint density at radius 2 is 1.44 bits per heavy atom. The normalized spacial score (nSPS) is 10.2. The Balaban J connectivity index is 2.63. The largest absolute Gasteiger partial charge is 0.504 e. The van der Waals surface area contributed by atoms with Crippen molar-refractivity contribution in [2.24, 2.45) is 0 Å². The molecule has 1 N–H and O–H groups in total. The van der Waals surface area contributed by atoms with E-state index in [-0.39, 0.29) is 41.0 Å². The van der Waals surface area contributed by atoms with Gasteiger partial charge in [0.25, 0.3) is 0 Å². The van der Waals surface area contributed by atoms with Crippen LogP contribution in [-0.4, -0.2) is 38.0 Å². The molecule has 0 aliphatic carbocycles. The van der Waals surface area contributed by atoms with E-state index in [1.54, 1.807) is 0 Å². The number of ketones is 2. The molecular formula is C20H22O7. The van der Waals surface area contributed by atoms with Gasteiger partial charge in [-0.3, -0.25) is 9.59 Å². The number of methoxy groups -OCH3 is 3. The zero-order valence-electron chi connectivity index (χ0n) is 15.7. The molecule has 0 saturated carbocycles. The van der Waals surface area contributed by atoms with Crippen LogP contribution in [0.2, 0.25) is 0 Å². The van der Waals surface area contributed by atoms with Crippen LogP contribution >= 0.6 is 0 Å². The lowest BCUT2D eigenvalue weighted by Crippen LogP contribution is -2.11. The van der Waals surface area contributed by atoms with Gasteiger partial charge in [0.1, 0.15) is 18.0 Å². The van der Waals surface area contributed by atoms with Crippen LogP contribution in [0, 0.1) is 0 Å². The molecule has 7 heteroatoms. The number of phenols is 1. The van der Waals surface area contributed by atoms with Crippen molar-refractivity contribution >= 4 is 11.6 Å². The molecule has 0 spiro atoms. The Morgan fingerprint density at radius 1 is 0.889 bits per heavy atom. The molecule has 0 radical (unpaired) electrons. The Hall–Kier alpha value is -3.22. The highest BCUT2D eigenvalue weighted by Crippen LogP contribution is 2.53. The van der Waals surface area contributed by atoms with Gasteiger partial charge in [-0.1, -0.05) is 30.3 Å². The van der Waals surface area contributed by atoms with E-state index in [0.717, 1.165) is 5.56 Å². The third kappa shape index (κ3) is 4.31. The Bertz CT molecular complexity index is 828. The van der Waals surface area contributed by atoms with Gasteiger partial charge in [-0.05, 0) is 12.5 Å². The molecule has 7 nitrogen and oxygen atoms in total. The highest BCUT2D eigenvalue weighted by molar-refractivity contribution is 6.11. The number of rotatable bonds is 9. The SMILES string of the molecule is COc1c(O)c(C(=O)CC(C)=O)c(OCc2ccccc2)c(OC)c1OC. The third-order valence-electron chi connectivity index (χ3n) is 3.82. The number of hydrogen-bond acceptors (Lipinski definition) is 7. The summed E-state index contributed by atoms with van der Waals surface area (Å²) in [5.74, 6) is -1.33. The van der Waals surface area contributed by atoms with E-state index in [4.69, 9.17) is 18.9 Å². The molecule has 0 heterocycles. The highest BCUT2D eigenvalue weighted by atomic mass is 16.5. The van der Waals surface area contributed by atoms with Crippen molar-refractivity contribution in [3.8, 4) is 28.7 Å². The second-order valence-electron chi connectivity index (χ2n) is 5.73. The van der Waals surface area contributed by atoms with Crippen LogP contribution < -0.4 is 18.9 Å². The molecule has 0 aromatic heterocycles. The molecule has 0 fully saturated rings. The van der Waals surface area contributed by atoms with Gasteiger partial charge >= 0.3 is 0 Å². The van der Waals surface area contributed by atoms with Gasteiger partial charge in [-0.25, -0.2) is 0 Å². The van der Waals surface area contributed by atoms with E-state index in [1.165, 1.54) is 28.3 Å².